The van der Waals surface area contributed by atoms with Crippen molar-refractivity contribution in [1.29, 1.82) is 0 Å². The standard InChI is InChI=1S/C15H15N5O6S3/c1-27-6-26-19-9(7-4-29-15(17-7)16-5-21)11(22)18-10-12(23)20-8(14(24)25)2-3-28-13(10)20/h2,4-5,10,13H,3,6H2,1H3,(H,18,22)(H,24,25)(H,16,17,21)/b19-9+/t10?,13-/m1/s1. The summed E-state index contributed by atoms with van der Waals surface area (Å²) < 4.78 is 0. The van der Waals surface area contributed by atoms with Gasteiger partial charge in [-0.05, 0) is 12.3 Å². The zero-order valence-corrected chi connectivity index (χ0v) is 17.3. The summed E-state index contributed by atoms with van der Waals surface area (Å²) in [5.74, 6) is -1.80. The molecule has 1 saturated heterocycles. The Morgan fingerprint density at radius 3 is 3.03 bits per heavy atom. The van der Waals surface area contributed by atoms with E-state index in [-0.39, 0.29) is 28.2 Å². The minimum atomic E-state index is -1.20. The molecule has 1 fully saturated rings. The van der Waals surface area contributed by atoms with Crippen LogP contribution in [-0.2, 0) is 24.0 Å². The molecule has 29 heavy (non-hydrogen) atoms. The molecule has 11 nitrogen and oxygen atoms in total. The summed E-state index contributed by atoms with van der Waals surface area (Å²) in [4.78, 5) is 57.4. The highest BCUT2D eigenvalue weighted by Crippen LogP contribution is 2.37. The van der Waals surface area contributed by atoms with Crippen LogP contribution in [0.5, 0.6) is 0 Å². The number of aliphatic carboxylic acids is 1. The maximum atomic E-state index is 12.8. The van der Waals surface area contributed by atoms with Crippen LogP contribution in [0.4, 0.5) is 5.13 Å². The van der Waals surface area contributed by atoms with Crippen LogP contribution >= 0.6 is 34.9 Å². The molecule has 2 atom stereocenters. The first-order valence-corrected chi connectivity index (χ1v) is 11.3. The Labute approximate surface area is 176 Å². The number of hydrogen-bond acceptors (Lipinski definition) is 10. The van der Waals surface area contributed by atoms with Gasteiger partial charge < -0.3 is 20.6 Å². The lowest BCUT2D eigenvalue weighted by Crippen LogP contribution is -2.70. The number of thioether (sulfide) groups is 2. The molecule has 3 heterocycles. The van der Waals surface area contributed by atoms with E-state index in [2.05, 4.69) is 20.8 Å². The zero-order chi connectivity index (χ0) is 21.0. The number of carboxylic acid groups (broad SMARTS) is 1. The SMILES string of the molecule is CSCO/N=C(/C(=O)NC1C(=O)N2C(C(=O)O)=CCS[C@H]12)c1csc(NC=O)n1. The van der Waals surface area contributed by atoms with Crippen molar-refractivity contribution in [3.63, 3.8) is 0 Å². The number of anilines is 1. The lowest BCUT2D eigenvalue weighted by atomic mass is 10.0. The molecule has 0 saturated carbocycles. The second-order valence-corrected chi connectivity index (χ2v) is 8.37. The number of carbonyl (C=O) groups is 4. The van der Waals surface area contributed by atoms with Crippen LogP contribution in [0, 0.1) is 0 Å². The number of carboxylic acids is 1. The third kappa shape index (κ3) is 4.38. The molecule has 2 aliphatic rings. The van der Waals surface area contributed by atoms with Crippen LogP contribution in [0.3, 0.4) is 0 Å². The zero-order valence-electron chi connectivity index (χ0n) is 14.9. The monoisotopic (exact) mass is 457 g/mol. The van der Waals surface area contributed by atoms with Crippen LogP contribution in [0.15, 0.2) is 22.3 Å². The van der Waals surface area contributed by atoms with Gasteiger partial charge in [-0.3, -0.25) is 19.3 Å². The van der Waals surface area contributed by atoms with E-state index in [1.165, 1.54) is 35.0 Å². The van der Waals surface area contributed by atoms with E-state index in [0.29, 0.717) is 12.2 Å². The van der Waals surface area contributed by atoms with Gasteiger partial charge >= 0.3 is 5.97 Å². The van der Waals surface area contributed by atoms with E-state index in [1.54, 1.807) is 6.26 Å². The lowest BCUT2D eigenvalue weighted by Gasteiger charge is -2.48. The third-order valence-electron chi connectivity index (χ3n) is 3.82. The number of rotatable bonds is 9. The maximum absolute atomic E-state index is 12.8. The van der Waals surface area contributed by atoms with Crippen molar-refractivity contribution >= 4 is 69.9 Å². The molecule has 1 aromatic heterocycles. The van der Waals surface area contributed by atoms with Crippen LogP contribution in [0.1, 0.15) is 5.69 Å². The largest absolute Gasteiger partial charge is 0.477 e. The Morgan fingerprint density at radius 1 is 1.55 bits per heavy atom. The molecule has 1 unspecified atom stereocenters. The van der Waals surface area contributed by atoms with Crippen LogP contribution in [0.25, 0.3) is 0 Å². The lowest BCUT2D eigenvalue weighted by molar-refractivity contribution is -0.150. The molecule has 0 aromatic carbocycles. The van der Waals surface area contributed by atoms with Crippen LogP contribution in [-0.4, -0.2) is 74.3 Å². The molecule has 0 bridgehead atoms. The Hall–Kier alpha value is -2.58. The number of nitrogens with one attached hydrogen (secondary N) is 2. The highest BCUT2D eigenvalue weighted by Gasteiger charge is 2.53. The number of aromatic nitrogens is 1. The summed E-state index contributed by atoms with van der Waals surface area (Å²) in [5, 5.41) is 19.3. The van der Waals surface area contributed by atoms with Gasteiger partial charge in [-0.15, -0.1) is 34.9 Å². The smallest absolute Gasteiger partial charge is 0.352 e. The summed E-state index contributed by atoms with van der Waals surface area (Å²) in [5.41, 5.74) is -0.0789. The molecule has 0 radical (unpaired) electrons. The second kappa shape index (κ2) is 9.28. The van der Waals surface area contributed by atoms with Crippen molar-refractivity contribution in [3.05, 3.63) is 22.8 Å². The first kappa shape index (κ1) is 21.1. The van der Waals surface area contributed by atoms with Crippen molar-refractivity contribution in [1.82, 2.24) is 15.2 Å². The van der Waals surface area contributed by atoms with Crippen LogP contribution in [0.2, 0.25) is 0 Å². The minimum Gasteiger partial charge on any atom is -0.477 e. The molecule has 14 heteroatoms. The Morgan fingerprint density at radius 2 is 2.34 bits per heavy atom. The topological polar surface area (TPSA) is 150 Å². The summed E-state index contributed by atoms with van der Waals surface area (Å²) >= 11 is 3.78. The first-order valence-electron chi connectivity index (χ1n) is 8.02. The molecule has 0 aliphatic carbocycles. The van der Waals surface area contributed by atoms with E-state index in [4.69, 9.17) is 4.84 Å². The fourth-order valence-electron chi connectivity index (χ4n) is 2.60. The number of thiazole rings is 1. The number of amides is 3. The van der Waals surface area contributed by atoms with E-state index in [0.717, 1.165) is 16.2 Å². The Balaban J connectivity index is 1.76. The molecule has 154 valence electrons. The van der Waals surface area contributed by atoms with Gasteiger partial charge in [0.1, 0.15) is 22.8 Å². The average Bonchev–Trinajstić information content (AvgIpc) is 3.16. The van der Waals surface area contributed by atoms with Gasteiger partial charge in [0.2, 0.25) is 6.41 Å². The average molecular weight is 458 g/mol. The quantitative estimate of drug-likeness (QED) is 0.117. The Kier molecular flexibility index (Phi) is 6.76. The molecule has 3 N–H and O–H groups in total. The molecule has 2 aliphatic heterocycles. The molecular formula is C15H15N5O6S3. The summed E-state index contributed by atoms with van der Waals surface area (Å²) in [7, 11) is 0. The summed E-state index contributed by atoms with van der Waals surface area (Å²) in [6.07, 6.45) is 3.71. The van der Waals surface area contributed by atoms with E-state index < -0.39 is 29.2 Å². The second-order valence-electron chi connectivity index (χ2n) is 5.55. The number of hydrogen-bond donors (Lipinski definition) is 3. The van der Waals surface area contributed by atoms with E-state index >= 15 is 0 Å². The van der Waals surface area contributed by atoms with Gasteiger partial charge in [0.15, 0.2) is 16.8 Å². The number of oxime groups is 1. The number of carbonyl (C=O) groups excluding carboxylic acids is 3. The number of fused-ring (bicyclic) bond motifs is 1. The number of β-lactam (4-membered cyclic amide) rings is 1. The van der Waals surface area contributed by atoms with Gasteiger partial charge in [0, 0.05) is 11.1 Å². The van der Waals surface area contributed by atoms with Crippen molar-refractivity contribution in [2.24, 2.45) is 5.16 Å². The number of nitrogens with zero attached hydrogens (tertiary/aromatic N) is 3. The molecule has 3 amide bonds. The molecule has 1 aromatic rings. The molecule has 3 rings (SSSR count). The van der Waals surface area contributed by atoms with Crippen molar-refractivity contribution < 1.29 is 29.1 Å². The predicted molar refractivity (Wildman–Crippen MR) is 109 cm³/mol. The Bertz CT molecular complexity index is 901. The van der Waals surface area contributed by atoms with Crippen molar-refractivity contribution in [2.75, 3.05) is 23.3 Å². The van der Waals surface area contributed by atoms with E-state index in [1.807, 2.05) is 0 Å². The van der Waals surface area contributed by atoms with Gasteiger partial charge in [0.05, 0.1) is 0 Å². The maximum Gasteiger partial charge on any atom is 0.352 e. The fraction of sp³-hybridized carbons (Fsp3) is 0.333. The van der Waals surface area contributed by atoms with Gasteiger partial charge in [-0.25, -0.2) is 9.78 Å². The normalized spacial score (nSPS) is 20.9. The van der Waals surface area contributed by atoms with Crippen LogP contribution < -0.4 is 10.6 Å². The van der Waals surface area contributed by atoms with Gasteiger partial charge in [-0.2, -0.15) is 0 Å². The highest BCUT2D eigenvalue weighted by atomic mass is 32.2. The third-order valence-corrected chi connectivity index (χ3v) is 6.12. The summed E-state index contributed by atoms with van der Waals surface area (Å²) in [6.45, 7) is 0. The van der Waals surface area contributed by atoms with Crippen molar-refractivity contribution in [2.45, 2.75) is 11.4 Å². The molecular weight excluding hydrogens is 442 g/mol. The summed E-state index contributed by atoms with van der Waals surface area (Å²) in [6, 6.07) is -0.896. The van der Waals surface area contributed by atoms with Gasteiger partial charge in [0.25, 0.3) is 11.8 Å². The highest BCUT2D eigenvalue weighted by molar-refractivity contribution is 8.00. The minimum absolute atomic E-state index is 0.0921. The van der Waals surface area contributed by atoms with E-state index in [9.17, 15) is 24.3 Å². The van der Waals surface area contributed by atoms with Gasteiger partial charge in [-0.1, -0.05) is 5.16 Å². The molecule has 0 spiro atoms. The first-order chi connectivity index (χ1) is 14.0. The predicted octanol–water partition coefficient (Wildman–Crippen LogP) is 0.121. The van der Waals surface area contributed by atoms with Crippen molar-refractivity contribution in [3.8, 4) is 0 Å². The fourth-order valence-corrected chi connectivity index (χ4v) is 4.60.